The summed E-state index contributed by atoms with van der Waals surface area (Å²) in [5.41, 5.74) is 0. The molecular weight excluding hydrogens is 130 g/mol. The van der Waals surface area contributed by atoms with E-state index in [1.165, 1.54) is 16.7 Å². The number of allylic oxidation sites excluding steroid dienone is 2. The molecule has 0 saturated carbocycles. The van der Waals surface area contributed by atoms with Crippen LogP contribution in [0.1, 0.15) is 27.2 Å². The molecule has 0 fully saturated rings. The number of hydrogen-bond donors (Lipinski definition) is 1. The lowest BCUT2D eigenvalue weighted by atomic mass is 10.4. The Labute approximate surface area is 61.0 Å². The van der Waals surface area contributed by atoms with Crippen LogP contribution in [0.5, 0.6) is 0 Å². The van der Waals surface area contributed by atoms with Crippen LogP contribution >= 0.6 is 11.8 Å². The number of rotatable bonds is 2. The van der Waals surface area contributed by atoms with Gasteiger partial charge in [-0.1, -0.05) is 24.8 Å². The van der Waals surface area contributed by atoms with Gasteiger partial charge in [0.15, 0.2) is 0 Å². The van der Waals surface area contributed by atoms with Crippen molar-refractivity contribution in [3.8, 4) is 0 Å². The van der Waals surface area contributed by atoms with E-state index in [0.29, 0.717) is 5.04 Å². The molecule has 0 spiro atoms. The van der Waals surface area contributed by atoms with Gasteiger partial charge in [-0.3, -0.25) is 5.41 Å². The molecular formula is C7H13NS. The van der Waals surface area contributed by atoms with E-state index in [-0.39, 0.29) is 0 Å². The van der Waals surface area contributed by atoms with Gasteiger partial charge in [-0.2, -0.15) is 0 Å². The van der Waals surface area contributed by atoms with Gasteiger partial charge in [0, 0.05) is 0 Å². The van der Waals surface area contributed by atoms with Crippen LogP contribution in [0.2, 0.25) is 0 Å². The molecule has 0 aliphatic carbocycles. The van der Waals surface area contributed by atoms with E-state index >= 15 is 0 Å². The highest BCUT2D eigenvalue weighted by Crippen LogP contribution is 2.15. The van der Waals surface area contributed by atoms with Gasteiger partial charge >= 0.3 is 0 Å². The number of hydrogen-bond acceptors (Lipinski definition) is 2. The summed E-state index contributed by atoms with van der Waals surface area (Å²) in [4.78, 5) is 1.23. The van der Waals surface area contributed by atoms with Gasteiger partial charge in [-0.05, 0) is 25.2 Å². The second-order valence-corrected chi connectivity index (χ2v) is 3.34. The molecule has 1 N–H and O–H groups in total. The van der Waals surface area contributed by atoms with Crippen LogP contribution in [0.3, 0.4) is 0 Å². The van der Waals surface area contributed by atoms with E-state index in [9.17, 15) is 0 Å². The Balaban J connectivity index is 3.62. The van der Waals surface area contributed by atoms with Gasteiger partial charge in [-0.25, -0.2) is 0 Å². The molecule has 0 aliphatic heterocycles. The summed E-state index contributed by atoms with van der Waals surface area (Å²) >= 11 is 1.52. The first-order valence-corrected chi connectivity index (χ1v) is 3.88. The van der Waals surface area contributed by atoms with Crippen LogP contribution in [0.15, 0.2) is 11.0 Å². The molecule has 0 atom stereocenters. The number of nitrogens with one attached hydrogen (secondary N) is 1. The molecule has 0 aromatic heterocycles. The molecule has 9 heavy (non-hydrogen) atoms. The molecule has 0 aromatic rings. The van der Waals surface area contributed by atoms with Crippen LogP contribution in [-0.2, 0) is 0 Å². The normalized spacial score (nSPS) is 11.7. The molecule has 1 nitrogen and oxygen atoms in total. The average molecular weight is 143 g/mol. The predicted molar refractivity (Wildman–Crippen MR) is 45.0 cm³/mol. The van der Waals surface area contributed by atoms with Crippen LogP contribution in [0, 0.1) is 5.41 Å². The largest absolute Gasteiger partial charge is 0.298 e. The Morgan fingerprint density at radius 2 is 2.11 bits per heavy atom. The number of thioether (sulfide) groups is 1. The Morgan fingerprint density at radius 3 is 2.44 bits per heavy atom. The molecule has 0 heterocycles. The average Bonchev–Trinajstić information content (AvgIpc) is 1.63. The van der Waals surface area contributed by atoms with E-state index in [4.69, 9.17) is 5.41 Å². The molecule has 2 heteroatoms. The third kappa shape index (κ3) is 5.63. The Bertz CT molecular complexity index is 127. The van der Waals surface area contributed by atoms with Gasteiger partial charge < -0.3 is 0 Å². The lowest BCUT2D eigenvalue weighted by molar-refractivity contribution is 1.21. The van der Waals surface area contributed by atoms with Crippen molar-refractivity contribution in [2.75, 3.05) is 0 Å². The zero-order valence-electron chi connectivity index (χ0n) is 6.19. The summed E-state index contributed by atoms with van der Waals surface area (Å²) in [6.07, 6.45) is 3.19. The third-order valence-corrected chi connectivity index (χ3v) is 1.60. The van der Waals surface area contributed by atoms with Gasteiger partial charge in [0.25, 0.3) is 0 Å². The molecule has 0 radical (unpaired) electrons. The minimum Gasteiger partial charge on any atom is -0.298 e. The topological polar surface area (TPSA) is 23.9 Å². The fourth-order valence-corrected chi connectivity index (χ4v) is 1.30. The monoisotopic (exact) mass is 143 g/mol. The highest BCUT2D eigenvalue weighted by Gasteiger charge is 1.89. The highest BCUT2D eigenvalue weighted by atomic mass is 32.2. The molecule has 0 amide bonds. The lowest BCUT2D eigenvalue weighted by Crippen LogP contribution is -1.77. The van der Waals surface area contributed by atoms with Crippen LogP contribution < -0.4 is 0 Å². The van der Waals surface area contributed by atoms with E-state index < -0.39 is 0 Å². The van der Waals surface area contributed by atoms with Crippen molar-refractivity contribution >= 4 is 16.8 Å². The van der Waals surface area contributed by atoms with Crippen molar-refractivity contribution in [2.24, 2.45) is 0 Å². The second kappa shape index (κ2) is 4.62. The fraction of sp³-hybridized carbons (Fsp3) is 0.571. The van der Waals surface area contributed by atoms with Crippen molar-refractivity contribution in [2.45, 2.75) is 27.2 Å². The first-order valence-electron chi connectivity index (χ1n) is 3.06. The highest BCUT2D eigenvalue weighted by molar-refractivity contribution is 8.17. The molecule has 0 saturated heterocycles. The smallest absolute Gasteiger partial charge is 0.0654 e. The summed E-state index contributed by atoms with van der Waals surface area (Å²) in [5.74, 6) is 0. The van der Waals surface area contributed by atoms with Crippen molar-refractivity contribution in [1.29, 1.82) is 5.41 Å². The Kier molecular flexibility index (Phi) is 4.50. The van der Waals surface area contributed by atoms with E-state index in [1.807, 2.05) is 6.92 Å². The molecule has 52 valence electrons. The van der Waals surface area contributed by atoms with Gasteiger partial charge in [-0.15, -0.1) is 0 Å². The molecule has 0 rings (SSSR count). The van der Waals surface area contributed by atoms with Crippen LogP contribution in [-0.4, -0.2) is 5.04 Å². The Morgan fingerprint density at radius 1 is 1.56 bits per heavy atom. The van der Waals surface area contributed by atoms with E-state index in [0.717, 1.165) is 6.42 Å². The first-order chi connectivity index (χ1) is 4.16. The summed E-state index contributed by atoms with van der Waals surface area (Å²) in [7, 11) is 0. The summed E-state index contributed by atoms with van der Waals surface area (Å²) in [6.45, 7) is 5.94. The molecule has 0 unspecified atom stereocenters. The van der Waals surface area contributed by atoms with Crippen LogP contribution in [0.25, 0.3) is 0 Å². The summed E-state index contributed by atoms with van der Waals surface area (Å²) in [6, 6.07) is 0. The summed E-state index contributed by atoms with van der Waals surface area (Å²) in [5, 5.41) is 7.79. The summed E-state index contributed by atoms with van der Waals surface area (Å²) < 4.78 is 0. The quantitative estimate of drug-likeness (QED) is 0.466. The third-order valence-electron chi connectivity index (χ3n) is 0.806. The van der Waals surface area contributed by atoms with Crippen molar-refractivity contribution < 1.29 is 0 Å². The van der Waals surface area contributed by atoms with Gasteiger partial charge in [0.05, 0.1) is 5.04 Å². The van der Waals surface area contributed by atoms with Crippen LogP contribution in [0.4, 0.5) is 0 Å². The van der Waals surface area contributed by atoms with E-state index in [2.05, 4.69) is 13.0 Å². The zero-order valence-corrected chi connectivity index (χ0v) is 7.01. The zero-order chi connectivity index (χ0) is 7.28. The van der Waals surface area contributed by atoms with E-state index in [1.54, 1.807) is 6.92 Å². The Hall–Kier alpha value is -0.240. The maximum absolute atomic E-state index is 7.13. The maximum atomic E-state index is 7.13. The minimum absolute atomic E-state index is 0.664. The molecule has 0 aromatic carbocycles. The van der Waals surface area contributed by atoms with Gasteiger partial charge in [0.2, 0.25) is 0 Å². The second-order valence-electron chi connectivity index (χ2n) is 1.88. The predicted octanol–water partition coefficient (Wildman–Crippen LogP) is 3.03. The van der Waals surface area contributed by atoms with Crippen molar-refractivity contribution in [3.05, 3.63) is 11.0 Å². The first kappa shape index (κ1) is 8.76. The molecule has 0 bridgehead atoms. The molecule has 0 aliphatic rings. The SMILES string of the molecule is CC/C=C(/C)SC(C)=N. The van der Waals surface area contributed by atoms with Crippen molar-refractivity contribution in [1.82, 2.24) is 0 Å². The van der Waals surface area contributed by atoms with Crippen molar-refractivity contribution in [3.63, 3.8) is 0 Å². The van der Waals surface area contributed by atoms with Gasteiger partial charge in [0.1, 0.15) is 0 Å². The lowest BCUT2D eigenvalue weighted by Gasteiger charge is -1.95. The fourth-order valence-electron chi connectivity index (χ4n) is 0.571. The maximum Gasteiger partial charge on any atom is 0.0654 e. The minimum atomic E-state index is 0.664. The standard InChI is InChI=1S/C7H13NS/c1-4-5-6(2)9-7(3)8/h5,8H,4H2,1-3H3/b6-5-,8-7?.